The van der Waals surface area contributed by atoms with Crippen LogP contribution in [0.4, 0.5) is 4.79 Å². The average molecular weight is 414 g/mol. The molecule has 4 fully saturated rings. The third-order valence-electron chi connectivity index (χ3n) is 5.59. The largest absolute Gasteiger partial charge is 0.416 e. The first-order valence-electron chi connectivity index (χ1n) is 9.93. The van der Waals surface area contributed by atoms with Gasteiger partial charge in [-0.05, 0) is 0 Å². The monoisotopic (exact) mass is 413 g/mol. The number of hydrogen-bond acceptors (Lipinski definition) is 9. The molecule has 0 aliphatic carbocycles. The summed E-state index contributed by atoms with van der Waals surface area (Å²) in [6.45, 7) is 6.59. The van der Waals surface area contributed by atoms with Gasteiger partial charge >= 0.3 is 11.9 Å². The first kappa shape index (κ1) is 18.6. The average Bonchev–Trinajstić information content (AvgIpc) is 3.49. The summed E-state index contributed by atoms with van der Waals surface area (Å²) in [7, 11) is 0. The normalized spacial score (nSPS) is 34.6. The van der Waals surface area contributed by atoms with E-state index in [2.05, 4.69) is 20.4 Å². The van der Waals surface area contributed by atoms with Crippen molar-refractivity contribution >= 4 is 17.8 Å². The van der Waals surface area contributed by atoms with Gasteiger partial charge in [-0.3, -0.25) is 10.2 Å². The molecule has 0 bridgehead atoms. The highest BCUT2D eigenvalue weighted by atomic mass is 32.2. The highest BCUT2D eigenvalue weighted by molar-refractivity contribution is 7.99. The van der Waals surface area contributed by atoms with Gasteiger partial charge in [0.05, 0.1) is 26.5 Å². The van der Waals surface area contributed by atoms with Crippen LogP contribution in [0.5, 0.6) is 0 Å². The van der Waals surface area contributed by atoms with Gasteiger partial charge in [0.1, 0.15) is 0 Å². The molecule has 156 valence electrons. The summed E-state index contributed by atoms with van der Waals surface area (Å²) < 4.78 is 25.0. The molecular formula is C17H27N5O5S. The van der Waals surface area contributed by atoms with Crippen LogP contribution in [0.2, 0.25) is 0 Å². The van der Waals surface area contributed by atoms with Gasteiger partial charge in [-0.1, -0.05) is 0 Å². The van der Waals surface area contributed by atoms with Crippen LogP contribution in [-0.4, -0.2) is 110 Å². The molecule has 0 aromatic carbocycles. The number of hydrogen-bond donors (Lipinski definition) is 2. The lowest BCUT2D eigenvalue weighted by Gasteiger charge is -2.45. The summed E-state index contributed by atoms with van der Waals surface area (Å²) in [5.41, 5.74) is 0. The third-order valence-corrected chi connectivity index (χ3v) is 6.54. The van der Waals surface area contributed by atoms with E-state index < -0.39 is 12.0 Å². The molecular weight excluding hydrogens is 386 g/mol. The smallest absolute Gasteiger partial charge is 0.348 e. The van der Waals surface area contributed by atoms with Crippen LogP contribution >= 0.6 is 11.8 Å². The molecule has 10 nitrogen and oxygen atoms in total. The van der Waals surface area contributed by atoms with Crippen LogP contribution in [0.3, 0.4) is 0 Å². The molecule has 2 atom stereocenters. The highest BCUT2D eigenvalue weighted by Gasteiger charge is 2.59. The van der Waals surface area contributed by atoms with E-state index in [4.69, 9.17) is 18.9 Å². The van der Waals surface area contributed by atoms with Gasteiger partial charge in [-0.2, -0.15) is 11.8 Å². The molecule has 2 N–H and O–H groups in total. The van der Waals surface area contributed by atoms with Gasteiger partial charge in [-0.25, -0.2) is 9.69 Å². The van der Waals surface area contributed by atoms with Gasteiger partial charge in [0.15, 0.2) is 6.10 Å². The first-order chi connectivity index (χ1) is 13.8. The zero-order valence-corrected chi connectivity index (χ0v) is 16.7. The first-order valence-corrected chi connectivity index (χ1v) is 11.1. The Bertz CT molecular complexity index is 613. The molecule has 5 rings (SSSR count). The molecule has 28 heavy (non-hydrogen) atoms. The van der Waals surface area contributed by atoms with Gasteiger partial charge in [0.25, 0.3) is 11.8 Å². The SMILES string of the molecule is O=C1NCCN1C1=C(N2CCNC2)OC(C2COCCO2)(N2CCSCC2)O1. The standard InChI is InChI=1S/C17H27N5O5S/c23-16-19-2-4-22(16)15-14(20-3-1-18-12-20)26-17(27-15,13-11-24-7-8-25-13)21-5-9-28-10-6-21/h13,18H,1-12H2,(H,19,23). The summed E-state index contributed by atoms with van der Waals surface area (Å²) in [5.74, 6) is 1.97. The van der Waals surface area contributed by atoms with Crippen molar-refractivity contribution in [1.82, 2.24) is 25.3 Å². The van der Waals surface area contributed by atoms with E-state index in [1.54, 1.807) is 4.90 Å². The Morgan fingerprint density at radius 3 is 2.57 bits per heavy atom. The topological polar surface area (TPSA) is 87.8 Å². The molecule has 5 aliphatic heterocycles. The second-order valence-electron chi connectivity index (χ2n) is 7.28. The van der Waals surface area contributed by atoms with Crippen LogP contribution < -0.4 is 10.6 Å². The molecule has 5 aliphatic rings. The minimum atomic E-state index is -1.11. The Morgan fingerprint density at radius 2 is 1.89 bits per heavy atom. The molecule has 4 saturated heterocycles. The van der Waals surface area contributed by atoms with Gasteiger partial charge in [-0.15, -0.1) is 0 Å². The van der Waals surface area contributed by atoms with Crippen molar-refractivity contribution < 1.29 is 23.7 Å². The predicted octanol–water partition coefficient (Wildman–Crippen LogP) is -0.834. The second-order valence-corrected chi connectivity index (χ2v) is 8.51. The molecule has 5 heterocycles. The lowest BCUT2D eigenvalue weighted by atomic mass is 10.2. The summed E-state index contributed by atoms with van der Waals surface area (Å²) >= 11 is 1.92. The zero-order chi connectivity index (χ0) is 19.0. The molecule has 2 unspecified atom stereocenters. The lowest BCUT2D eigenvalue weighted by molar-refractivity contribution is -0.333. The second kappa shape index (κ2) is 7.79. The third kappa shape index (κ3) is 3.18. The minimum absolute atomic E-state index is 0.158. The van der Waals surface area contributed by atoms with E-state index in [1.165, 1.54) is 0 Å². The molecule has 0 saturated carbocycles. The number of ether oxygens (including phenoxy) is 4. The lowest BCUT2D eigenvalue weighted by Crippen LogP contribution is -2.63. The van der Waals surface area contributed by atoms with Crippen molar-refractivity contribution in [2.45, 2.75) is 12.0 Å². The van der Waals surface area contributed by atoms with Crippen molar-refractivity contribution in [3.63, 3.8) is 0 Å². The molecule has 2 amide bonds. The fraction of sp³-hybridized carbons (Fsp3) is 0.824. The van der Waals surface area contributed by atoms with Crippen LogP contribution in [0, 0.1) is 0 Å². The van der Waals surface area contributed by atoms with Crippen LogP contribution in [0.1, 0.15) is 0 Å². The van der Waals surface area contributed by atoms with Crippen LogP contribution in [0.15, 0.2) is 11.8 Å². The van der Waals surface area contributed by atoms with Crippen molar-refractivity contribution in [2.75, 3.05) is 77.3 Å². The Hall–Kier alpha value is -1.40. The quantitative estimate of drug-likeness (QED) is 0.613. The van der Waals surface area contributed by atoms with Crippen molar-refractivity contribution in [1.29, 1.82) is 0 Å². The number of carbonyl (C=O) groups excluding carboxylic acids is 1. The van der Waals surface area contributed by atoms with E-state index in [0.717, 1.165) is 37.7 Å². The maximum absolute atomic E-state index is 12.4. The Labute approximate surface area is 168 Å². The number of thioether (sulfide) groups is 1. The van der Waals surface area contributed by atoms with Crippen LogP contribution in [-0.2, 0) is 18.9 Å². The Balaban J connectivity index is 1.50. The van der Waals surface area contributed by atoms with E-state index in [0.29, 0.717) is 51.3 Å². The summed E-state index contributed by atoms with van der Waals surface area (Å²) in [6, 6.07) is -0.158. The Kier molecular flexibility index (Phi) is 5.18. The van der Waals surface area contributed by atoms with E-state index in [-0.39, 0.29) is 6.03 Å². The number of amides is 2. The molecule has 0 spiro atoms. The number of rotatable bonds is 4. The molecule has 0 radical (unpaired) electrons. The summed E-state index contributed by atoms with van der Waals surface area (Å²) in [5, 5.41) is 6.18. The maximum Gasteiger partial charge on any atom is 0.348 e. The molecule has 0 aromatic heterocycles. The van der Waals surface area contributed by atoms with Crippen molar-refractivity contribution in [3.8, 4) is 0 Å². The van der Waals surface area contributed by atoms with Gasteiger partial charge in [0, 0.05) is 50.8 Å². The fourth-order valence-electron chi connectivity index (χ4n) is 4.14. The maximum atomic E-state index is 12.4. The van der Waals surface area contributed by atoms with Gasteiger partial charge in [0.2, 0.25) is 0 Å². The van der Waals surface area contributed by atoms with Crippen molar-refractivity contribution in [3.05, 3.63) is 11.8 Å². The number of nitrogens with zero attached hydrogens (tertiary/aromatic N) is 3. The van der Waals surface area contributed by atoms with Crippen molar-refractivity contribution in [2.24, 2.45) is 0 Å². The predicted molar refractivity (Wildman–Crippen MR) is 101 cm³/mol. The number of urea groups is 1. The highest BCUT2D eigenvalue weighted by Crippen LogP contribution is 2.42. The molecule has 0 aromatic rings. The minimum Gasteiger partial charge on any atom is -0.416 e. The van der Waals surface area contributed by atoms with Gasteiger partial charge < -0.3 is 29.2 Å². The Morgan fingerprint density at radius 1 is 1.04 bits per heavy atom. The zero-order valence-electron chi connectivity index (χ0n) is 15.9. The molecule has 11 heteroatoms. The van der Waals surface area contributed by atoms with E-state index >= 15 is 0 Å². The summed E-state index contributed by atoms with van der Waals surface area (Å²) in [6.07, 6.45) is -0.391. The van der Waals surface area contributed by atoms with E-state index in [1.807, 2.05) is 11.8 Å². The number of carbonyl (C=O) groups is 1. The van der Waals surface area contributed by atoms with E-state index in [9.17, 15) is 4.79 Å². The van der Waals surface area contributed by atoms with Crippen LogP contribution in [0.25, 0.3) is 0 Å². The number of nitrogens with one attached hydrogen (secondary N) is 2. The summed E-state index contributed by atoms with van der Waals surface area (Å²) in [4.78, 5) is 18.4. The fourth-order valence-corrected chi connectivity index (χ4v) is 5.04.